The van der Waals surface area contributed by atoms with Crippen molar-refractivity contribution in [3.05, 3.63) is 84.2 Å². The highest BCUT2D eigenvalue weighted by Gasteiger charge is 2.18. The summed E-state index contributed by atoms with van der Waals surface area (Å²) in [5.74, 6) is 2.18. The largest absolute Gasteiger partial charge is 0.486 e. The van der Waals surface area contributed by atoms with E-state index in [4.69, 9.17) is 4.74 Å². The molecule has 1 amide bonds. The van der Waals surface area contributed by atoms with E-state index in [0.717, 1.165) is 23.3 Å². The van der Waals surface area contributed by atoms with Crippen LogP contribution in [0.1, 0.15) is 43.3 Å². The topological polar surface area (TPSA) is 69.0 Å². The second kappa shape index (κ2) is 12.3. The van der Waals surface area contributed by atoms with E-state index >= 15 is 0 Å². The van der Waals surface area contributed by atoms with Crippen LogP contribution in [0.15, 0.2) is 72.4 Å². The number of amides is 1. The molecule has 1 aromatic heterocycles. The molecule has 0 aliphatic carbocycles. The normalized spacial score (nSPS) is 11.9. The molecule has 0 radical (unpaired) electrons. The van der Waals surface area contributed by atoms with Gasteiger partial charge in [-0.15, -0.1) is 16.8 Å². The van der Waals surface area contributed by atoms with Gasteiger partial charge >= 0.3 is 0 Å². The van der Waals surface area contributed by atoms with Crippen LogP contribution in [0.5, 0.6) is 5.75 Å². The van der Waals surface area contributed by atoms with E-state index in [1.165, 1.54) is 11.8 Å². The van der Waals surface area contributed by atoms with Crippen LogP contribution in [-0.2, 0) is 17.9 Å². The smallest absolute Gasteiger partial charge is 0.230 e. The molecule has 0 bridgehead atoms. The molecule has 0 fully saturated rings. The fourth-order valence-corrected chi connectivity index (χ4v) is 4.28. The van der Waals surface area contributed by atoms with Gasteiger partial charge in [0.1, 0.15) is 12.4 Å². The third-order valence-electron chi connectivity index (χ3n) is 5.04. The lowest BCUT2D eigenvalue weighted by Crippen LogP contribution is -2.31. The van der Waals surface area contributed by atoms with Crippen molar-refractivity contribution >= 4 is 17.7 Å². The van der Waals surface area contributed by atoms with Gasteiger partial charge in [0, 0.05) is 6.54 Å². The third kappa shape index (κ3) is 7.49. The van der Waals surface area contributed by atoms with E-state index < -0.39 is 0 Å². The van der Waals surface area contributed by atoms with E-state index in [0.29, 0.717) is 30.1 Å². The quantitative estimate of drug-likeness (QED) is 0.289. The van der Waals surface area contributed by atoms with Crippen LogP contribution in [0.25, 0.3) is 0 Å². The summed E-state index contributed by atoms with van der Waals surface area (Å²) in [6.07, 6.45) is 2.67. The Morgan fingerprint density at radius 1 is 1.18 bits per heavy atom. The first-order valence-corrected chi connectivity index (χ1v) is 12.1. The molecular weight excluding hydrogens is 432 g/mol. The van der Waals surface area contributed by atoms with Crippen molar-refractivity contribution in [1.82, 2.24) is 20.1 Å². The SMILES string of the molecule is C=CCn1c(COc2cccc(C)c2)nnc1SCC(=O)NC(CC(C)C)c1ccccc1. The van der Waals surface area contributed by atoms with Crippen molar-refractivity contribution in [3.63, 3.8) is 0 Å². The maximum atomic E-state index is 12.8. The number of hydrogen-bond donors (Lipinski definition) is 1. The standard InChI is InChI=1S/C26H32N4O2S/c1-5-14-30-24(17-32-22-13-9-10-20(4)16-22)28-29-26(30)33-18-25(31)27-23(15-19(2)3)21-11-7-6-8-12-21/h5-13,16,19,23H,1,14-15,17-18H2,2-4H3,(H,27,31). The lowest BCUT2D eigenvalue weighted by Gasteiger charge is -2.21. The number of hydrogen-bond acceptors (Lipinski definition) is 5. The Bertz CT molecular complexity index is 1050. The summed E-state index contributed by atoms with van der Waals surface area (Å²) < 4.78 is 7.83. The summed E-state index contributed by atoms with van der Waals surface area (Å²) >= 11 is 1.37. The Balaban J connectivity index is 1.62. The maximum absolute atomic E-state index is 12.8. The van der Waals surface area contributed by atoms with E-state index in [1.54, 1.807) is 6.08 Å². The van der Waals surface area contributed by atoms with Gasteiger partial charge in [-0.2, -0.15) is 0 Å². The highest BCUT2D eigenvalue weighted by atomic mass is 32.2. The minimum absolute atomic E-state index is 0.0105. The molecule has 1 atom stereocenters. The zero-order valence-electron chi connectivity index (χ0n) is 19.5. The van der Waals surface area contributed by atoms with Crippen molar-refractivity contribution in [2.75, 3.05) is 5.75 Å². The van der Waals surface area contributed by atoms with Gasteiger partial charge in [-0.05, 0) is 42.5 Å². The van der Waals surface area contributed by atoms with Gasteiger partial charge in [0.25, 0.3) is 0 Å². The fraction of sp³-hybridized carbons (Fsp3) is 0.346. The third-order valence-corrected chi connectivity index (χ3v) is 6.01. The number of nitrogens with zero attached hydrogens (tertiary/aromatic N) is 3. The van der Waals surface area contributed by atoms with Crippen LogP contribution in [-0.4, -0.2) is 26.4 Å². The average Bonchev–Trinajstić information content (AvgIpc) is 3.18. The average molecular weight is 465 g/mol. The highest BCUT2D eigenvalue weighted by molar-refractivity contribution is 7.99. The van der Waals surface area contributed by atoms with Gasteiger partial charge in [-0.1, -0.05) is 74.1 Å². The monoisotopic (exact) mass is 464 g/mol. The van der Waals surface area contributed by atoms with Crippen molar-refractivity contribution in [2.45, 2.75) is 51.5 Å². The molecule has 1 unspecified atom stereocenters. The van der Waals surface area contributed by atoms with E-state index in [-0.39, 0.29) is 17.7 Å². The number of aromatic nitrogens is 3. The molecule has 174 valence electrons. The molecule has 33 heavy (non-hydrogen) atoms. The van der Waals surface area contributed by atoms with Gasteiger partial charge in [-0.3, -0.25) is 9.36 Å². The number of ether oxygens (including phenoxy) is 1. The van der Waals surface area contributed by atoms with Crippen molar-refractivity contribution in [3.8, 4) is 5.75 Å². The summed E-state index contributed by atoms with van der Waals surface area (Å²) in [5.41, 5.74) is 2.25. The summed E-state index contributed by atoms with van der Waals surface area (Å²) in [7, 11) is 0. The predicted molar refractivity (Wildman–Crippen MR) is 133 cm³/mol. The van der Waals surface area contributed by atoms with Crippen LogP contribution in [0.3, 0.4) is 0 Å². The Morgan fingerprint density at radius 2 is 1.97 bits per heavy atom. The molecule has 7 heteroatoms. The van der Waals surface area contributed by atoms with Crippen LogP contribution in [0.4, 0.5) is 0 Å². The summed E-state index contributed by atoms with van der Waals surface area (Å²) in [6, 6.07) is 18.0. The first kappa shape index (κ1) is 24.6. The molecular formula is C26H32N4O2S. The van der Waals surface area contributed by atoms with Crippen LogP contribution in [0, 0.1) is 12.8 Å². The number of aryl methyl sites for hydroxylation is 1. The fourth-order valence-electron chi connectivity index (χ4n) is 3.50. The molecule has 6 nitrogen and oxygen atoms in total. The number of thioether (sulfide) groups is 1. The lowest BCUT2D eigenvalue weighted by molar-refractivity contribution is -0.119. The van der Waals surface area contributed by atoms with Crippen molar-refractivity contribution < 1.29 is 9.53 Å². The number of allylic oxidation sites excluding steroid dienone is 1. The number of carbonyl (C=O) groups is 1. The summed E-state index contributed by atoms with van der Waals surface area (Å²) in [6.45, 7) is 11.0. The van der Waals surface area contributed by atoms with Gasteiger partial charge in [0.2, 0.25) is 5.91 Å². The molecule has 0 spiro atoms. The molecule has 0 saturated carbocycles. The van der Waals surface area contributed by atoms with E-state index in [1.807, 2.05) is 54.0 Å². The molecule has 3 aromatic rings. The Morgan fingerprint density at radius 3 is 2.67 bits per heavy atom. The first-order valence-electron chi connectivity index (χ1n) is 11.2. The number of nitrogens with one attached hydrogen (secondary N) is 1. The van der Waals surface area contributed by atoms with Crippen molar-refractivity contribution in [2.24, 2.45) is 5.92 Å². The highest BCUT2D eigenvalue weighted by Crippen LogP contribution is 2.23. The molecule has 3 rings (SSSR count). The Hall–Kier alpha value is -3.06. The van der Waals surface area contributed by atoms with Gasteiger partial charge < -0.3 is 10.1 Å². The second-order valence-electron chi connectivity index (χ2n) is 8.35. The van der Waals surface area contributed by atoms with Crippen LogP contribution in [0.2, 0.25) is 0 Å². The zero-order chi connectivity index (χ0) is 23.6. The maximum Gasteiger partial charge on any atom is 0.230 e. The van der Waals surface area contributed by atoms with Gasteiger partial charge in [-0.25, -0.2) is 0 Å². The number of benzene rings is 2. The van der Waals surface area contributed by atoms with E-state index in [2.05, 4.69) is 48.1 Å². The minimum Gasteiger partial charge on any atom is -0.486 e. The number of carbonyl (C=O) groups excluding carboxylic acids is 1. The van der Waals surface area contributed by atoms with Crippen molar-refractivity contribution in [1.29, 1.82) is 0 Å². The molecule has 0 saturated heterocycles. The van der Waals surface area contributed by atoms with Crippen LogP contribution >= 0.6 is 11.8 Å². The molecule has 1 heterocycles. The number of rotatable bonds is 12. The van der Waals surface area contributed by atoms with E-state index in [9.17, 15) is 4.79 Å². The lowest BCUT2D eigenvalue weighted by atomic mass is 9.97. The van der Waals surface area contributed by atoms with Gasteiger partial charge in [0.15, 0.2) is 11.0 Å². The Kier molecular flexibility index (Phi) is 9.13. The molecule has 0 aliphatic rings. The molecule has 1 N–H and O–H groups in total. The molecule has 0 aliphatic heterocycles. The predicted octanol–water partition coefficient (Wildman–Crippen LogP) is 5.35. The summed E-state index contributed by atoms with van der Waals surface area (Å²) in [5, 5.41) is 12.4. The molecule has 2 aromatic carbocycles. The van der Waals surface area contributed by atoms with Gasteiger partial charge in [0.05, 0.1) is 11.8 Å². The Labute approximate surface area is 200 Å². The first-order chi connectivity index (χ1) is 16.0. The van der Waals surface area contributed by atoms with Crippen LogP contribution < -0.4 is 10.1 Å². The minimum atomic E-state index is -0.0276. The summed E-state index contributed by atoms with van der Waals surface area (Å²) in [4.78, 5) is 12.8. The zero-order valence-corrected chi connectivity index (χ0v) is 20.3. The second-order valence-corrected chi connectivity index (χ2v) is 9.29.